The monoisotopic (exact) mass is 322 g/mol. The molecule has 0 unspecified atom stereocenters. The fourth-order valence-electron chi connectivity index (χ4n) is 2.26. The third kappa shape index (κ3) is 3.45. The normalized spacial score (nSPS) is 10.7. The Kier molecular flexibility index (Phi) is 5.51. The molecule has 22 heavy (non-hydrogen) atoms. The van der Waals surface area contributed by atoms with Crippen molar-refractivity contribution in [2.24, 2.45) is 7.05 Å². The maximum Gasteiger partial charge on any atom is 0.259 e. The number of nitrogens with zero attached hydrogens (tertiary/aromatic N) is 4. The van der Waals surface area contributed by atoms with Crippen LogP contribution < -0.4 is 0 Å². The van der Waals surface area contributed by atoms with Gasteiger partial charge < -0.3 is 10.0 Å². The Morgan fingerprint density at radius 3 is 2.86 bits per heavy atom. The van der Waals surface area contributed by atoms with Gasteiger partial charge in [-0.2, -0.15) is 5.10 Å². The summed E-state index contributed by atoms with van der Waals surface area (Å²) in [6.45, 7) is 2.39. The highest BCUT2D eigenvalue weighted by molar-refractivity contribution is 6.33. The summed E-state index contributed by atoms with van der Waals surface area (Å²) in [5, 5.41) is 13.8. The average molecular weight is 323 g/mol. The summed E-state index contributed by atoms with van der Waals surface area (Å²) in [6.07, 6.45) is 3.99. The minimum Gasteiger partial charge on any atom is -0.395 e. The molecule has 118 valence electrons. The number of halogens is 1. The molecule has 0 saturated carbocycles. The summed E-state index contributed by atoms with van der Waals surface area (Å²) in [4.78, 5) is 18.4. The van der Waals surface area contributed by atoms with Gasteiger partial charge in [0.2, 0.25) is 0 Å². The lowest BCUT2D eigenvalue weighted by molar-refractivity contribution is 0.0706. The quantitative estimate of drug-likeness (QED) is 0.878. The molecule has 0 aromatic carbocycles. The number of hydrogen-bond donors (Lipinski definition) is 1. The Balaban J connectivity index is 2.30. The molecule has 1 N–H and O–H groups in total. The summed E-state index contributed by atoms with van der Waals surface area (Å²) in [6, 6.07) is 3.70. The SMILES string of the molecule is CCc1nn(C)c(Cl)c1C(=O)N(CCO)Cc1cccnc1. The highest BCUT2D eigenvalue weighted by atomic mass is 35.5. The van der Waals surface area contributed by atoms with Crippen LogP contribution in [0.25, 0.3) is 0 Å². The van der Waals surface area contributed by atoms with Crippen LogP contribution in [0.1, 0.15) is 28.5 Å². The lowest BCUT2D eigenvalue weighted by Gasteiger charge is -2.22. The van der Waals surface area contributed by atoms with Crippen molar-refractivity contribution in [3.05, 3.63) is 46.5 Å². The van der Waals surface area contributed by atoms with Gasteiger partial charge in [-0.1, -0.05) is 24.6 Å². The molecule has 2 aromatic heterocycles. The average Bonchev–Trinajstić information content (AvgIpc) is 2.82. The van der Waals surface area contributed by atoms with E-state index in [-0.39, 0.29) is 19.1 Å². The van der Waals surface area contributed by atoms with Gasteiger partial charge in [-0.05, 0) is 18.1 Å². The number of pyridine rings is 1. The van der Waals surface area contributed by atoms with Gasteiger partial charge in [-0.3, -0.25) is 14.5 Å². The zero-order chi connectivity index (χ0) is 16.1. The Bertz CT molecular complexity index is 642. The molecule has 7 heteroatoms. The smallest absolute Gasteiger partial charge is 0.259 e. The van der Waals surface area contributed by atoms with E-state index < -0.39 is 0 Å². The fourth-order valence-corrected chi connectivity index (χ4v) is 2.49. The first kappa shape index (κ1) is 16.5. The maximum atomic E-state index is 12.8. The Morgan fingerprint density at radius 2 is 2.27 bits per heavy atom. The largest absolute Gasteiger partial charge is 0.395 e. The van der Waals surface area contributed by atoms with Crippen molar-refractivity contribution >= 4 is 17.5 Å². The minimum absolute atomic E-state index is 0.120. The standard InChI is InChI=1S/C15H19ClN4O2/c1-3-12-13(14(16)19(2)18-12)15(22)20(7-8-21)10-11-5-4-6-17-9-11/h4-6,9,21H,3,7-8,10H2,1-2H3. The van der Waals surface area contributed by atoms with E-state index in [1.54, 1.807) is 24.3 Å². The van der Waals surface area contributed by atoms with Crippen LogP contribution in [-0.2, 0) is 20.0 Å². The molecule has 2 heterocycles. The molecular weight excluding hydrogens is 304 g/mol. The molecule has 0 aliphatic rings. The fraction of sp³-hybridized carbons (Fsp3) is 0.400. The third-order valence-electron chi connectivity index (χ3n) is 3.35. The molecule has 2 rings (SSSR count). The van der Waals surface area contributed by atoms with Crippen LogP contribution in [0.15, 0.2) is 24.5 Å². The van der Waals surface area contributed by atoms with Crippen molar-refractivity contribution in [3.8, 4) is 0 Å². The first-order chi connectivity index (χ1) is 10.6. The van der Waals surface area contributed by atoms with Crippen LogP contribution in [0.3, 0.4) is 0 Å². The lowest BCUT2D eigenvalue weighted by Crippen LogP contribution is -2.33. The van der Waals surface area contributed by atoms with Crippen LogP contribution in [0.4, 0.5) is 0 Å². The summed E-state index contributed by atoms with van der Waals surface area (Å²) in [5.41, 5.74) is 1.96. The molecule has 0 saturated heterocycles. The third-order valence-corrected chi connectivity index (χ3v) is 3.79. The number of amides is 1. The molecule has 0 aliphatic heterocycles. The van der Waals surface area contributed by atoms with E-state index in [0.717, 1.165) is 5.56 Å². The number of hydrogen-bond acceptors (Lipinski definition) is 4. The predicted octanol–water partition coefficient (Wildman–Crippen LogP) is 1.67. The van der Waals surface area contributed by atoms with Gasteiger partial charge in [0.15, 0.2) is 0 Å². The molecule has 0 bridgehead atoms. The van der Waals surface area contributed by atoms with Crippen LogP contribution in [0, 0.1) is 0 Å². The van der Waals surface area contributed by atoms with Crippen molar-refractivity contribution < 1.29 is 9.90 Å². The van der Waals surface area contributed by atoms with Gasteiger partial charge in [0.25, 0.3) is 5.91 Å². The number of aliphatic hydroxyl groups excluding tert-OH is 1. The van der Waals surface area contributed by atoms with Crippen LogP contribution in [-0.4, -0.2) is 43.8 Å². The highest BCUT2D eigenvalue weighted by Gasteiger charge is 2.25. The van der Waals surface area contributed by atoms with E-state index in [1.165, 1.54) is 4.68 Å². The van der Waals surface area contributed by atoms with Crippen molar-refractivity contribution in [2.45, 2.75) is 19.9 Å². The molecule has 0 aliphatic carbocycles. The molecule has 0 atom stereocenters. The van der Waals surface area contributed by atoms with Gasteiger partial charge >= 0.3 is 0 Å². The molecule has 0 fully saturated rings. The number of rotatable bonds is 6. The second-order valence-corrected chi connectivity index (χ2v) is 5.26. The summed E-state index contributed by atoms with van der Waals surface area (Å²) >= 11 is 6.21. The second-order valence-electron chi connectivity index (χ2n) is 4.90. The molecule has 6 nitrogen and oxygen atoms in total. The number of carbonyl (C=O) groups excluding carboxylic acids is 1. The maximum absolute atomic E-state index is 12.8. The van der Waals surface area contributed by atoms with E-state index in [0.29, 0.717) is 29.4 Å². The molecule has 1 amide bonds. The van der Waals surface area contributed by atoms with Gasteiger partial charge in [0.05, 0.1) is 17.9 Å². The highest BCUT2D eigenvalue weighted by Crippen LogP contribution is 2.22. The molecule has 0 radical (unpaired) electrons. The van der Waals surface area contributed by atoms with E-state index >= 15 is 0 Å². The van der Waals surface area contributed by atoms with Gasteiger partial charge in [0.1, 0.15) is 5.15 Å². The van der Waals surface area contributed by atoms with Gasteiger partial charge in [0, 0.05) is 32.5 Å². The summed E-state index contributed by atoms with van der Waals surface area (Å²) < 4.78 is 1.49. The Labute approximate surface area is 134 Å². The van der Waals surface area contributed by atoms with E-state index in [1.807, 2.05) is 19.1 Å². The molecule has 0 spiro atoms. The number of carbonyl (C=O) groups is 1. The minimum atomic E-state index is -0.229. The Morgan fingerprint density at radius 1 is 1.50 bits per heavy atom. The number of aromatic nitrogens is 3. The summed E-state index contributed by atoms with van der Waals surface area (Å²) in [5.74, 6) is -0.229. The zero-order valence-electron chi connectivity index (χ0n) is 12.7. The van der Waals surface area contributed by atoms with E-state index in [4.69, 9.17) is 11.6 Å². The van der Waals surface area contributed by atoms with Gasteiger partial charge in [-0.25, -0.2) is 0 Å². The van der Waals surface area contributed by atoms with Crippen molar-refractivity contribution in [2.75, 3.05) is 13.2 Å². The first-order valence-corrected chi connectivity index (χ1v) is 7.46. The van der Waals surface area contributed by atoms with E-state index in [2.05, 4.69) is 10.1 Å². The summed E-state index contributed by atoms with van der Waals surface area (Å²) in [7, 11) is 1.70. The number of aryl methyl sites for hydroxylation is 2. The zero-order valence-corrected chi connectivity index (χ0v) is 13.4. The van der Waals surface area contributed by atoms with Crippen molar-refractivity contribution in [1.82, 2.24) is 19.7 Å². The molecule has 2 aromatic rings. The topological polar surface area (TPSA) is 71.2 Å². The van der Waals surface area contributed by atoms with Gasteiger partial charge in [-0.15, -0.1) is 0 Å². The Hall–Kier alpha value is -1.92. The van der Waals surface area contributed by atoms with Crippen LogP contribution in [0.2, 0.25) is 5.15 Å². The van der Waals surface area contributed by atoms with E-state index in [9.17, 15) is 9.90 Å². The van der Waals surface area contributed by atoms with Crippen LogP contribution >= 0.6 is 11.6 Å². The van der Waals surface area contributed by atoms with Crippen LogP contribution in [0.5, 0.6) is 0 Å². The molecular formula is C15H19ClN4O2. The lowest BCUT2D eigenvalue weighted by atomic mass is 10.1. The predicted molar refractivity (Wildman–Crippen MR) is 83.7 cm³/mol. The van der Waals surface area contributed by atoms with Crippen molar-refractivity contribution in [3.63, 3.8) is 0 Å². The number of aliphatic hydroxyl groups is 1. The second kappa shape index (κ2) is 7.38. The first-order valence-electron chi connectivity index (χ1n) is 7.08. The van der Waals surface area contributed by atoms with Crippen molar-refractivity contribution in [1.29, 1.82) is 0 Å².